The third-order valence-electron chi connectivity index (χ3n) is 4.89. The Labute approximate surface area is 133 Å². The summed E-state index contributed by atoms with van der Waals surface area (Å²) in [5.41, 5.74) is 0.591. The van der Waals surface area contributed by atoms with Gasteiger partial charge >= 0.3 is 0 Å². The fourth-order valence-corrected chi connectivity index (χ4v) is 5.96. The van der Waals surface area contributed by atoms with E-state index in [9.17, 15) is 9.59 Å². The highest BCUT2D eigenvalue weighted by atomic mass is 79.9. The monoisotopic (exact) mass is 398 g/mol. The van der Waals surface area contributed by atoms with Crippen LogP contribution < -0.4 is 4.90 Å². The van der Waals surface area contributed by atoms with E-state index >= 15 is 0 Å². The van der Waals surface area contributed by atoms with Crippen molar-refractivity contribution < 1.29 is 9.59 Å². The van der Waals surface area contributed by atoms with E-state index < -0.39 is 0 Å². The molecule has 3 fully saturated rings. The van der Waals surface area contributed by atoms with E-state index in [1.54, 1.807) is 24.5 Å². The van der Waals surface area contributed by atoms with Crippen molar-refractivity contribution in [2.75, 3.05) is 4.90 Å². The van der Waals surface area contributed by atoms with Crippen LogP contribution in [0.5, 0.6) is 0 Å². The number of anilines is 1. The lowest BCUT2D eigenvalue weighted by Crippen LogP contribution is -2.37. The Morgan fingerprint density at radius 2 is 1.70 bits per heavy atom. The molecule has 2 bridgehead atoms. The second-order valence-corrected chi connectivity index (χ2v) is 7.84. The molecule has 6 heteroatoms. The average molecular weight is 400 g/mol. The molecule has 0 N–H and O–H groups in total. The van der Waals surface area contributed by atoms with Crippen LogP contribution in [0.1, 0.15) is 6.42 Å². The SMILES string of the molecule is O=C1[C@@H]2[C@H]3C[C@H]([C@H](Br)[C@@H]3Br)[C@@H]2C(=O)N1c1cccnc1. The Kier molecular flexibility index (Phi) is 2.83. The van der Waals surface area contributed by atoms with Crippen LogP contribution in [0.25, 0.3) is 0 Å². The van der Waals surface area contributed by atoms with E-state index in [-0.39, 0.29) is 45.1 Å². The predicted octanol–water partition coefficient (Wildman–Crippen LogP) is 2.36. The Bertz CT molecular complexity index is 562. The molecule has 2 heterocycles. The number of carbonyl (C=O) groups is 2. The largest absolute Gasteiger partial charge is 0.274 e. The van der Waals surface area contributed by atoms with Crippen LogP contribution in [0.2, 0.25) is 0 Å². The minimum Gasteiger partial charge on any atom is -0.274 e. The molecule has 1 aromatic heterocycles. The zero-order valence-corrected chi connectivity index (χ0v) is 13.6. The number of pyridine rings is 1. The molecular weight excluding hydrogens is 388 g/mol. The molecule has 104 valence electrons. The molecule has 0 unspecified atom stereocenters. The number of alkyl halides is 2. The highest BCUT2D eigenvalue weighted by Gasteiger charge is 2.66. The lowest BCUT2D eigenvalue weighted by molar-refractivity contribution is -0.123. The number of nitrogens with zero attached hydrogens (tertiary/aromatic N) is 2. The zero-order valence-electron chi connectivity index (χ0n) is 10.4. The maximum Gasteiger partial charge on any atom is 0.238 e. The van der Waals surface area contributed by atoms with E-state index in [1.807, 2.05) is 0 Å². The lowest BCUT2D eigenvalue weighted by Gasteiger charge is -2.28. The van der Waals surface area contributed by atoms with Gasteiger partial charge in [0.2, 0.25) is 11.8 Å². The van der Waals surface area contributed by atoms with Crippen molar-refractivity contribution in [2.45, 2.75) is 16.1 Å². The molecule has 4 rings (SSSR count). The number of imide groups is 1. The smallest absolute Gasteiger partial charge is 0.238 e. The quantitative estimate of drug-likeness (QED) is 0.538. The molecule has 4 nitrogen and oxygen atoms in total. The molecule has 1 saturated heterocycles. The molecule has 1 aliphatic heterocycles. The number of aromatic nitrogens is 1. The number of hydrogen-bond acceptors (Lipinski definition) is 3. The topological polar surface area (TPSA) is 50.3 Å². The second kappa shape index (κ2) is 4.37. The molecule has 20 heavy (non-hydrogen) atoms. The van der Waals surface area contributed by atoms with Crippen molar-refractivity contribution in [2.24, 2.45) is 23.7 Å². The van der Waals surface area contributed by atoms with Gasteiger partial charge in [0.15, 0.2) is 0 Å². The molecular formula is C14H12Br2N2O2. The number of halogens is 2. The molecule has 3 aliphatic rings. The first kappa shape index (κ1) is 13.0. The van der Waals surface area contributed by atoms with Gasteiger partial charge < -0.3 is 0 Å². The van der Waals surface area contributed by atoms with Crippen molar-refractivity contribution in [3.8, 4) is 0 Å². The molecule has 0 radical (unpaired) electrons. The van der Waals surface area contributed by atoms with Crippen molar-refractivity contribution in [3.05, 3.63) is 24.5 Å². The van der Waals surface area contributed by atoms with Gasteiger partial charge in [-0.15, -0.1) is 0 Å². The van der Waals surface area contributed by atoms with Gasteiger partial charge in [-0.2, -0.15) is 0 Å². The van der Waals surface area contributed by atoms with Crippen LogP contribution in [0.4, 0.5) is 5.69 Å². The van der Waals surface area contributed by atoms with E-state index in [1.165, 1.54) is 4.90 Å². The summed E-state index contributed by atoms with van der Waals surface area (Å²) in [5.74, 6) is 0.0884. The minimum atomic E-state index is -0.161. The van der Waals surface area contributed by atoms with Crippen molar-refractivity contribution >= 4 is 49.4 Å². The minimum absolute atomic E-state index is 0.0515. The summed E-state index contributed by atoms with van der Waals surface area (Å²) in [6.07, 6.45) is 4.18. The van der Waals surface area contributed by atoms with Crippen LogP contribution in [-0.4, -0.2) is 26.5 Å². The third kappa shape index (κ3) is 1.49. The van der Waals surface area contributed by atoms with Crippen LogP contribution in [0.3, 0.4) is 0 Å². The second-order valence-electron chi connectivity index (χ2n) is 5.73. The van der Waals surface area contributed by atoms with Gasteiger partial charge in [0.25, 0.3) is 0 Å². The number of carbonyl (C=O) groups excluding carboxylic acids is 2. The first-order valence-electron chi connectivity index (χ1n) is 6.67. The number of hydrogen-bond donors (Lipinski definition) is 0. The Morgan fingerprint density at radius 1 is 1.10 bits per heavy atom. The summed E-state index contributed by atoms with van der Waals surface area (Å²) in [4.78, 5) is 31.3. The number of fused-ring (bicyclic) bond motifs is 5. The maximum absolute atomic E-state index is 12.7. The molecule has 0 aromatic carbocycles. The van der Waals surface area contributed by atoms with Gasteiger partial charge in [0, 0.05) is 15.9 Å². The van der Waals surface area contributed by atoms with Crippen molar-refractivity contribution in [1.29, 1.82) is 0 Å². The zero-order chi connectivity index (χ0) is 14.0. The average Bonchev–Trinajstić information content (AvgIpc) is 3.05. The van der Waals surface area contributed by atoms with Crippen LogP contribution >= 0.6 is 31.9 Å². The standard InChI is InChI=1S/C14H12Br2N2O2/c15-11-7-4-8(12(11)16)10-9(7)13(19)18(14(10)20)6-2-1-3-17-5-6/h1-3,5,7-12H,4H2/t7-,8+,9-,10+,11-,12+. The Morgan fingerprint density at radius 3 is 2.20 bits per heavy atom. The fourth-order valence-electron chi connectivity index (χ4n) is 4.09. The van der Waals surface area contributed by atoms with E-state index in [2.05, 4.69) is 36.8 Å². The summed E-state index contributed by atoms with van der Waals surface area (Å²) in [6, 6.07) is 3.52. The van der Waals surface area contributed by atoms with Gasteiger partial charge in [-0.05, 0) is 30.4 Å². The molecule has 2 amide bonds. The van der Waals surface area contributed by atoms with Crippen LogP contribution in [0, 0.1) is 23.7 Å². The maximum atomic E-state index is 12.7. The summed E-state index contributed by atoms with van der Waals surface area (Å²) < 4.78 is 0. The fraction of sp³-hybridized carbons (Fsp3) is 0.500. The van der Waals surface area contributed by atoms with E-state index in [0.717, 1.165) is 6.42 Å². The van der Waals surface area contributed by atoms with Crippen LogP contribution in [-0.2, 0) is 9.59 Å². The van der Waals surface area contributed by atoms with E-state index in [4.69, 9.17) is 0 Å². The first-order valence-corrected chi connectivity index (χ1v) is 8.50. The van der Waals surface area contributed by atoms with Gasteiger partial charge in [-0.1, -0.05) is 31.9 Å². The number of amides is 2. The molecule has 2 aliphatic carbocycles. The Hall–Kier alpha value is -0.750. The van der Waals surface area contributed by atoms with E-state index in [0.29, 0.717) is 5.69 Å². The first-order chi connectivity index (χ1) is 9.61. The summed E-state index contributed by atoms with van der Waals surface area (Å²) >= 11 is 7.36. The third-order valence-corrected chi connectivity index (χ3v) is 8.10. The van der Waals surface area contributed by atoms with Crippen molar-refractivity contribution in [3.63, 3.8) is 0 Å². The van der Waals surface area contributed by atoms with Gasteiger partial charge in [0.1, 0.15) is 0 Å². The summed E-state index contributed by atoms with van der Waals surface area (Å²) in [7, 11) is 0. The molecule has 2 saturated carbocycles. The molecule has 1 aromatic rings. The van der Waals surface area contributed by atoms with Gasteiger partial charge in [-0.3, -0.25) is 14.6 Å². The highest BCUT2D eigenvalue weighted by molar-refractivity contribution is 9.12. The van der Waals surface area contributed by atoms with Crippen LogP contribution in [0.15, 0.2) is 24.5 Å². The lowest BCUT2D eigenvalue weighted by atomic mass is 9.81. The predicted molar refractivity (Wildman–Crippen MR) is 80.7 cm³/mol. The summed E-state index contributed by atoms with van der Waals surface area (Å²) in [6.45, 7) is 0. The number of rotatable bonds is 1. The van der Waals surface area contributed by atoms with Crippen molar-refractivity contribution in [1.82, 2.24) is 4.98 Å². The molecule has 0 spiro atoms. The molecule has 6 atom stereocenters. The van der Waals surface area contributed by atoms with Gasteiger partial charge in [0.05, 0.1) is 23.7 Å². The Balaban J connectivity index is 1.75. The van der Waals surface area contributed by atoms with Gasteiger partial charge in [-0.25, -0.2) is 4.90 Å². The highest BCUT2D eigenvalue weighted by Crippen LogP contribution is 2.60. The normalized spacial score (nSPS) is 42.4. The summed E-state index contributed by atoms with van der Waals surface area (Å²) in [5, 5.41) is 0.